The van der Waals surface area contributed by atoms with Crippen molar-refractivity contribution in [1.29, 1.82) is 0 Å². The van der Waals surface area contributed by atoms with Crippen LogP contribution in [-0.4, -0.2) is 19.5 Å². The Hall–Kier alpha value is -1.67. The van der Waals surface area contributed by atoms with Crippen LogP contribution in [0.3, 0.4) is 0 Å². The maximum atomic E-state index is 11.2. The third-order valence-electron chi connectivity index (χ3n) is 3.27. The number of hydrogen-bond donors (Lipinski definition) is 0. The minimum absolute atomic E-state index is 0.399. The van der Waals surface area contributed by atoms with Crippen LogP contribution in [0.15, 0.2) is 42.5 Å². The van der Waals surface area contributed by atoms with E-state index in [0.717, 1.165) is 11.8 Å². The van der Waals surface area contributed by atoms with E-state index >= 15 is 0 Å². The van der Waals surface area contributed by atoms with Gasteiger partial charge in [-0.2, -0.15) is 0 Å². The first-order valence-corrected chi connectivity index (χ1v) is 5.37. The molecule has 1 heterocycles. The Balaban J connectivity index is 2.14. The van der Waals surface area contributed by atoms with Gasteiger partial charge >= 0.3 is 0 Å². The van der Waals surface area contributed by atoms with Crippen LogP contribution in [0.5, 0.6) is 0 Å². The van der Waals surface area contributed by atoms with Crippen molar-refractivity contribution in [1.82, 2.24) is 0 Å². The largest absolute Gasteiger partial charge is 0.379 e. The lowest BCUT2D eigenvalue weighted by molar-refractivity contribution is -0.129. The molecule has 80 valence electrons. The molecule has 0 N–H and O–H groups in total. The fourth-order valence-corrected chi connectivity index (χ4v) is 2.12. The lowest BCUT2D eigenvalue weighted by atomic mass is 9.79. The van der Waals surface area contributed by atoms with Crippen molar-refractivity contribution in [3.8, 4) is 0 Å². The zero-order valence-corrected chi connectivity index (χ0v) is 8.85. The number of ether oxygens (including phenoxy) is 1. The van der Waals surface area contributed by atoms with Crippen molar-refractivity contribution >= 4 is 17.1 Å². The summed E-state index contributed by atoms with van der Waals surface area (Å²) < 4.78 is 5.16. The van der Waals surface area contributed by atoms with E-state index in [2.05, 4.69) is 24.3 Å². The standard InChI is InChI=1S/C14H12O2/c15-8-14(9-16-10-14)13-6-5-11-3-1-2-4-12(11)7-13/h1-8H,9-10H2. The minimum atomic E-state index is -0.399. The van der Waals surface area contributed by atoms with Crippen molar-refractivity contribution in [3.63, 3.8) is 0 Å². The van der Waals surface area contributed by atoms with Gasteiger partial charge in [0.1, 0.15) is 6.29 Å². The second kappa shape index (κ2) is 3.42. The Morgan fingerprint density at radius 3 is 2.44 bits per heavy atom. The van der Waals surface area contributed by atoms with Crippen molar-refractivity contribution < 1.29 is 9.53 Å². The topological polar surface area (TPSA) is 26.3 Å². The SMILES string of the molecule is O=CC1(c2ccc3ccccc3c2)COC1. The van der Waals surface area contributed by atoms with Crippen LogP contribution >= 0.6 is 0 Å². The molecule has 0 saturated carbocycles. The molecule has 2 aromatic carbocycles. The summed E-state index contributed by atoms with van der Waals surface area (Å²) in [6.07, 6.45) is 1.01. The van der Waals surface area contributed by atoms with E-state index in [0.29, 0.717) is 13.2 Å². The molecule has 0 atom stereocenters. The molecule has 0 bridgehead atoms. The lowest BCUT2D eigenvalue weighted by Gasteiger charge is -2.36. The van der Waals surface area contributed by atoms with Crippen LogP contribution in [0.1, 0.15) is 5.56 Å². The van der Waals surface area contributed by atoms with E-state index in [1.54, 1.807) is 0 Å². The van der Waals surface area contributed by atoms with Crippen LogP contribution in [0.4, 0.5) is 0 Å². The predicted octanol–water partition coefficient (Wildman–Crippen LogP) is 2.31. The van der Waals surface area contributed by atoms with Crippen molar-refractivity contribution in [3.05, 3.63) is 48.0 Å². The molecule has 1 fully saturated rings. The number of aldehydes is 1. The first-order chi connectivity index (χ1) is 7.84. The maximum Gasteiger partial charge on any atom is 0.135 e. The highest BCUT2D eigenvalue weighted by Crippen LogP contribution is 2.32. The third-order valence-corrected chi connectivity index (χ3v) is 3.27. The zero-order valence-electron chi connectivity index (χ0n) is 8.85. The van der Waals surface area contributed by atoms with Gasteiger partial charge in [0.2, 0.25) is 0 Å². The van der Waals surface area contributed by atoms with Gasteiger partial charge in [-0.1, -0.05) is 36.4 Å². The fraction of sp³-hybridized carbons (Fsp3) is 0.214. The molecule has 2 heteroatoms. The number of carbonyl (C=O) groups excluding carboxylic acids is 1. The molecule has 2 nitrogen and oxygen atoms in total. The molecule has 1 saturated heterocycles. The number of fused-ring (bicyclic) bond motifs is 1. The molecule has 3 rings (SSSR count). The molecule has 0 amide bonds. The summed E-state index contributed by atoms with van der Waals surface area (Å²) in [6.45, 7) is 1.02. The molecule has 0 radical (unpaired) electrons. The Labute approximate surface area is 93.8 Å². The molecule has 16 heavy (non-hydrogen) atoms. The van der Waals surface area contributed by atoms with Crippen molar-refractivity contribution in [2.45, 2.75) is 5.41 Å². The van der Waals surface area contributed by atoms with E-state index in [9.17, 15) is 4.79 Å². The van der Waals surface area contributed by atoms with Gasteiger partial charge in [0.15, 0.2) is 0 Å². The first kappa shape index (κ1) is 9.55. The average molecular weight is 212 g/mol. The van der Waals surface area contributed by atoms with Gasteiger partial charge in [-0.25, -0.2) is 0 Å². The number of benzene rings is 2. The summed E-state index contributed by atoms with van der Waals surface area (Å²) in [6, 6.07) is 14.3. The van der Waals surface area contributed by atoms with Gasteiger partial charge in [0.25, 0.3) is 0 Å². The Bertz CT molecular complexity index is 541. The summed E-state index contributed by atoms with van der Waals surface area (Å²) in [5.74, 6) is 0. The molecule has 1 aliphatic rings. The quantitative estimate of drug-likeness (QED) is 0.714. The van der Waals surface area contributed by atoms with Crippen LogP contribution < -0.4 is 0 Å². The number of carbonyl (C=O) groups is 1. The Morgan fingerprint density at radius 1 is 1.06 bits per heavy atom. The summed E-state index contributed by atoms with van der Waals surface area (Å²) in [5.41, 5.74) is 0.664. The second-order valence-electron chi connectivity index (χ2n) is 4.33. The van der Waals surface area contributed by atoms with Gasteiger partial charge in [-0.05, 0) is 22.4 Å². The minimum Gasteiger partial charge on any atom is -0.379 e. The fourth-order valence-electron chi connectivity index (χ4n) is 2.12. The molecular formula is C14H12O2. The molecule has 2 aromatic rings. The maximum absolute atomic E-state index is 11.2. The lowest BCUT2D eigenvalue weighted by Crippen LogP contribution is -2.48. The van der Waals surface area contributed by atoms with Crippen molar-refractivity contribution in [2.75, 3.05) is 13.2 Å². The molecule has 1 aliphatic heterocycles. The zero-order chi connectivity index (χ0) is 11.0. The highest BCUT2D eigenvalue weighted by Gasteiger charge is 2.40. The summed E-state index contributed by atoms with van der Waals surface area (Å²) >= 11 is 0. The summed E-state index contributed by atoms with van der Waals surface area (Å²) in [5, 5.41) is 2.38. The Kier molecular flexibility index (Phi) is 2.04. The van der Waals surface area contributed by atoms with Gasteiger partial charge in [0.05, 0.1) is 18.6 Å². The third kappa shape index (κ3) is 1.27. The number of hydrogen-bond acceptors (Lipinski definition) is 2. The van der Waals surface area contributed by atoms with E-state index < -0.39 is 5.41 Å². The van der Waals surface area contributed by atoms with E-state index in [1.807, 2.05) is 18.2 Å². The second-order valence-corrected chi connectivity index (χ2v) is 4.33. The highest BCUT2D eigenvalue weighted by atomic mass is 16.5. The molecule has 0 aliphatic carbocycles. The van der Waals surface area contributed by atoms with E-state index in [1.165, 1.54) is 10.8 Å². The highest BCUT2D eigenvalue weighted by molar-refractivity contribution is 5.85. The number of rotatable bonds is 2. The van der Waals surface area contributed by atoms with Crippen LogP contribution in [-0.2, 0) is 14.9 Å². The Morgan fingerprint density at radius 2 is 1.81 bits per heavy atom. The molecule has 0 spiro atoms. The van der Waals surface area contributed by atoms with Gasteiger partial charge in [-0.3, -0.25) is 0 Å². The van der Waals surface area contributed by atoms with Crippen LogP contribution in [0, 0.1) is 0 Å². The van der Waals surface area contributed by atoms with Gasteiger partial charge in [0, 0.05) is 0 Å². The van der Waals surface area contributed by atoms with Crippen LogP contribution in [0.25, 0.3) is 10.8 Å². The molecular weight excluding hydrogens is 200 g/mol. The van der Waals surface area contributed by atoms with E-state index in [4.69, 9.17) is 4.74 Å². The smallest absolute Gasteiger partial charge is 0.135 e. The monoisotopic (exact) mass is 212 g/mol. The normalized spacial score (nSPS) is 18.0. The summed E-state index contributed by atoms with van der Waals surface area (Å²) in [7, 11) is 0. The summed E-state index contributed by atoms with van der Waals surface area (Å²) in [4.78, 5) is 11.2. The first-order valence-electron chi connectivity index (χ1n) is 5.37. The average Bonchev–Trinajstić information content (AvgIpc) is 2.28. The van der Waals surface area contributed by atoms with Gasteiger partial charge < -0.3 is 9.53 Å². The predicted molar refractivity (Wildman–Crippen MR) is 62.5 cm³/mol. The van der Waals surface area contributed by atoms with Gasteiger partial charge in [-0.15, -0.1) is 0 Å². The van der Waals surface area contributed by atoms with E-state index in [-0.39, 0.29) is 0 Å². The molecule has 0 aromatic heterocycles. The molecule has 0 unspecified atom stereocenters. The van der Waals surface area contributed by atoms with Crippen LogP contribution in [0.2, 0.25) is 0 Å². The van der Waals surface area contributed by atoms with Crippen molar-refractivity contribution in [2.24, 2.45) is 0 Å².